The molecule has 13 heavy (non-hydrogen) atoms. The number of halogens is 1. The Kier molecular flexibility index (Phi) is 3.93. The van der Waals surface area contributed by atoms with Gasteiger partial charge in [0.1, 0.15) is 12.2 Å². The lowest BCUT2D eigenvalue weighted by molar-refractivity contribution is 0.0722. The highest BCUT2D eigenvalue weighted by molar-refractivity contribution is 6.19. The van der Waals surface area contributed by atoms with Gasteiger partial charge >= 0.3 is 0 Å². The lowest BCUT2D eigenvalue weighted by atomic mass is 10.1. The fraction of sp³-hybridized carbons (Fsp3) is 0.300. The SMILES string of the molecule is CC(Cl)OCC(=O)c1ccccc1. The molecule has 0 spiro atoms. The van der Waals surface area contributed by atoms with Crippen molar-refractivity contribution in [3.8, 4) is 0 Å². The molecule has 0 aliphatic rings. The average Bonchev–Trinajstić information content (AvgIpc) is 2.15. The second kappa shape index (κ2) is 5.00. The first-order valence-electron chi connectivity index (χ1n) is 4.04. The van der Waals surface area contributed by atoms with Crippen molar-refractivity contribution in [3.63, 3.8) is 0 Å². The number of rotatable bonds is 4. The molecule has 0 bridgehead atoms. The van der Waals surface area contributed by atoms with E-state index in [0.717, 1.165) is 0 Å². The van der Waals surface area contributed by atoms with Crippen LogP contribution in [-0.4, -0.2) is 18.0 Å². The Balaban J connectivity index is 2.50. The molecule has 0 amide bonds. The van der Waals surface area contributed by atoms with Crippen LogP contribution in [-0.2, 0) is 4.74 Å². The van der Waals surface area contributed by atoms with Gasteiger partial charge in [0.05, 0.1) is 0 Å². The summed E-state index contributed by atoms with van der Waals surface area (Å²) in [5.74, 6) is -0.0481. The van der Waals surface area contributed by atoms with E-state index in [2.05, 4.69) is 0 Å². The molecule has 0 N–H and O–H groups in total. The van der Waals surface area contributed by atoms with E-state index < -0.39 is 5.56 Å². The predicted molar refractivity (Wildman–Crippen MR) is 52.0 cm³/mol. The quantitative estimate of drug-likeness (QED) is 0.549. The molecule has 0 aliphatic heterocycles. The lowest BCUT2D eigenvalue weighted by Gasteiger charge is -2.04. The Hall–Kier alpha value is -0.860. The predicted octanol–water partition coefficient (Wildman–Crippen LogP) is 2.47. The van der Waals surface area contributed by atoms with Crippen molar-refractivity contribution < 1.29 is 9.53 Å². The van der Waals surface area contributed by atoms with Crippen molar-refractivity contribution >= 4 is 17.4 Å². The summed E-state index contributed by atoms with van der Waals surface area (Å²) in [5, 5.41) is 0. The summed E-state index contributed by atoms with van der Waals surface area (Å²) >= 11 is 5.53. The molecule has 0 aromatic heterocycles. The Morgan fingerprint density at radius 2 is 2.08 bits per heavy atom. The third-order valence-corrected chi connectivity index (χ3v) is 1.67. The van der Waals surface area contributed by atoms with E-state index in [9.17, 15) is 4.79 Å². The van der Waals surface area contributed by atoms with Gasteiger partial charge in [0.25, 0.3) is 0 Å². The average molecular weight is 199 g/mol. The first-order chi connectivity index (χ1) is 6.20. The van der Waals surface area contributed by atoms with Gasteiger partial charge < -0.3 is 4.74 Å². The molecule has 70 valence electrons. The maximum Gasteiger partial charge on any atom is 0.188 e. The van der Waals surface area contributed by atoms with Crippen LogP contribution in [0.5, 0.6) is 0 Å². The van der Waals surface area contributed by atoms with Crippen LogP contribution < -0.4 is 0 Å². The zero-order valence-electron chi connectivity index (χ0n) is 7.37. The number of ketones is 1. The summed E-state index contributed by atoms with van der Waals surface area (Å²) in [7, 11) is 0. The maximum atomic E-state index is 11.4. The summed E-state index contributed by atoms with van der Waals surface area (Å²) in [4.78, 5) is 11.4. The first kappa shape index (κ1) is 10.2. The fourth-order valence-electron chi connectivity index (χ4n) is 0.898. The third kappa shape index (κ3) is 3.57. The number of carbonyl (C=O) groups excluding carboxylic acids is 1. The van der Waals surface area contributed by atoms with E-state index in [0.29, 0.717) is 5.56 Å². The van der Waals surface area contributed by atoms with Gasteiger partial charge in [-0.3, -0.25) is 4.79 Å². The summed E-state index contributed by atoms with van der Waals surface area (Å²) < 4.78 is 4.97. The highest BCUT2D eigenvalue weighted by Crippen LogP contribution is 2.02. The van der Waals surface area contributed by atoms with Crippen LogP contribution in [0.4, 0.5) is 0 Å². The highest BCUT2D eigenvalue weighted by Gasteiger charge is 2.06. The van der Waals surface area contributed by atoms with Crippen LogP contribution in [0.15, 0.2) is 30.3 Å². The van der Waals surface area contributed by atoms with Crippen LogP contribution in [0, 0.1) is 0 Å². The minimum Gasteiger partial charge on any atom is -0.355 e. The third-order valence-electron chi connectivity index (χ3n) is 1.54. The molecular formula is C10H11ClO2. The van der Waals surface area contributed by atoms with Crippen molar-refractivity contribution in [2.24, 2.45) is 0 Å². The zero-order chi connectivity index (χ0) is 9.68. The van der Waals surface area contributed by atoms with Crippen LogP contribution >= 0.6 is 11.6 Å². The summed E-state index contributed by atoms with van der Waals surface area (Å²) in [6.45, 7) is 1.72. The zero-order valence-corrected chi connectivity index (χ0v) is 8.12. The molecular weight excluding hydrogens is 188 g/mol. The number of benzene rings is 1. The van der Waals surface area contributed by atoms with E-state index in [4.69, 9.17) is 16.3 Å². The highest BCUT2D eigenvalue weighted by atomic mass is 35.5. The van der Waals surface area contributed by atoms with Gasteiger partial charge in [-0.2, -0.15) is 0 Å². The molecule has 1 unspecified atom stereocenters. The molecule has 0 saturated heterocycles. The van der Waals surface area contributed by atoms with E-state index >= 15 is 0 Å². The number of ether oxygens (including phenoxy) is 1. The van der Waals surface area contributed by atoms with Gasteiger partial charge in [-0.15, -0.1) is 0 Å². The smallest absolute Gasteiger partial charge is 0.188 e. The molecule has 1 aromatic rings. The van der Waals surface area contributed by atoms with Gasteiger partial charge in [0.15, 0.2) is 5.78 Å². The van der Waals surface area contributed by atoms with E-state index in [1.807, 2.05) is 18.2 Å². The molecule has 0 heterocycles. The Labute approximate surface area is 82.5 Å². The minimum absolute atomic E-state index is 0.0364. The van der Waals surface area contributed by atoms with Gasteiger partial charge in [-0.1, -0.05) is 41.9 Å². The molecule has 1 atom stereocenters. The van der Waals surface area contributed by atoms with Crippen LogP contribution in [0.1, 0.15) is 17.3 Å². The van der Waals surface area contributed by atoms with Crippen molar-refractivity contribution in [3.05, 3.63) is 35.9 Å². The van der Waals surface area contributed by atoms with Crippen molar-refractivity contribution in [2.75, 3.05) is 6.61 Å². The molecule has 1 rings (SSSR count). The van der Waals surface area contributed by atoms with Crippen LogP contribution in [0.2, 0.25) is 0 Å². The summed E-state index contributed by atoms with van der Waals surface area (Å²) in [6.07, 6.45) is 0. The summed E-state index contributed by atoms with van der Waals surface area (Å²) in [5.41, 5.74) is 0.229. The molecule has 3 heteroatoms. The van der Waals surface area contributed by atoms with Gasteiger partial charge in [0.2, 0.25) is 0 Å². The fourth-order valence-corrected chi connectivity index (χ4v) is 0.961. The first-order valence-corrected chi connectivity index (χ1v) is 4.47. The number of alkyl halides is 1. The molecule has 0 saturated carbocycles. The molecule has 0 fully saturated rings. The maximum absolute atomic E-state index is 11.4. The van der Waals surface area contributed by atoms with Crippen LogP contribution in [0.25, 0.3) is 0 Å². The Bertz CT molecular complexity index is 270. The summed E-state index contributed by atoms with van der Waals surface area (Å²) in [6, 6.07) is 9.01. The standard InChI is InChI=1S/C10H11ClO2/c1-8(11)13-7-10(12)9-5-3-2-4-6-9/h2-6,8H,7H2,1H3. The lowest BCUT2D eigenvalue weighted by Crippen LogP contribution is -2.11. The minimum atomic E-state index is -0.423. The Morgan fingerprint density at radius 3 is 2.62 bits per heavy atom. The molecule has 1 aromatic carbocycles. The molecule has 0 radical (unpaired) electrons. The van der Waals surface area contributed by atoms with Gasteiger partial charge in [-0.25, -0.2) is 0 Å². The normalized spacial score (nSPS) is 12.5. The molecule has 0 aliphatic carbocycles. The van der Waals surface area contributed by atoms with Crippen LogP contribution in [0.3, 0.4) is 0 Å². The van der Waals surface area contributed by atoms with Crippen molar-refractivity contribution in [1.82, 2.24) is 0 Å². The monoisotopic (exact) mass is 198 g/mol. The second-order valence-electron chi connectivity index (χ2n) is 2.64. The van der Waals surface area contributed by atoms with E-state index in [1.54, 1.807) is 19.1 Å². The number of Topliss-reactive ketones (excluding diaryl/α,β-unsaturated/α-hetero) is 1. The molecule has 2 nitrogen and oxygen atoms in total. The van der Waals surface area contributed by atoms with Gasteiger partial charge in [0, 0.05) is 5.56 Å². The topological polar surface area (TPSA) is 26.3 Å². The number of hydrogen-bond donors (Lipinski definition) is 0. The van der Waals surface area contributed by atoms with Gasteiger partial charge in [-0.05, 0) is 6.92 Å². The van der Waals surface area contributed by atoms with Crippen molar-refractivity contribution in [1.29, 1.82) is 0 Å². The Morgan fingerprint density at radius 1 is 1.46 bits per heavy atom. The number of hydrogen-bond acceptors (Lipinski definition) is 2. The van der Waals surface area contributed by atoms with E-state index in [1.165, 1.54) is 0 Å². The van der Waals surface area contributed by atoms with Crippen molar-refractivity contribution in [2.45, 2.75) is 12.5 Å². The largest absolute Gasteiger partial charge is 0.355 e. The van der Waals surface area contributed by atoms with E-state index in [-0.39, 0.29) is 12.4 Å². The second-order valence-corrected chi connectivity index (χ2v) is 3.26. The number of carbonyl (C=O) groups is 1.